The van der Waals surface area contributed by atoms with Gasteiger partial charge < -0.3 is 5.32 Å². The second-order valence-electron chi connectivity index (χ2n) is 5.32. The molecule has 22 heavy (non-hydrogen) atoms. The van der Waals surface area contributed by atoms with E-state index in [1.807, 2.05) is 6.92 Å². The normalized spacial score (nSPS) is 12.5. The number of hydrogen-bond acceptors (Lipinski definition) is 4. The monoisotopic (exact) mass is 315 g/mol. The van der Waals surface area contributed by atoms with Crippen LogP contribution >= 0.6 is 11.6 Å². The molecule has 0 unspecified atom stereocenters. The summed E-state index contributed by atoms with van der Waals surface area (Å²) < 4.78 is 1.65. The molecule has 0 saturated heterocycles. The van der Waals surface area contributed by atoms with E-state index in [2.05, 4.69) is 58.5 Å². The van der Waals surface area contributed by atoms with Crippen LogP contribution < -0.4 is 5.32 Å². The lowest BCUT2D eigenvalue weighted by atomic mass is 10.1. The zero-order valence-electron chi connectivity index (χ0n) is 12.8. The lowest BCUT2D eigenvalue weighted by molar-refractivity contribution is 0.833. The van der Waals surface area contributed by atoms with Gasteiger partial charge in [0.15, 0.2) is 5.82 Å². The smallest absolute Gasteiger partial charge is 0.254 e. The molecule has 0 aliphatic rings. The average Bonchev–Trinajstić information content (AvgIpc) is 2.98. The third kappa shape index (κ3) is 2.64. The third-order valence-electron chi connectivity index (χ3n) is 3.70. The Morgan fingerprint density at radius 1 is 1.27 bits per heavy atom. The summed E-state index contributed by atoms with van der Waals surface area (Å²) in [6.45, 7) is 6.19. The predicted octanol–water partition coefficient (Wildman–Crippen LogP) is 3.82. The number of halogens is 1. The van der Waals surface area contributed by atoms with E-state index in [4.69, 9.17) is 11.6 Å². The molecular formula is C16H18ClN5. The molecule has 1 N–H and O–H groups in total. The van der Waals surface area contributed by atoms with Gasteiger partial charge in [0.2, 0.25) is 0 Å². The summed E-state index contributed by atoms with van der Waals surface area (Å²) in [7, 11) is 0. The summed E-state index contributed by atoms with van der Waals surface area (Å²) in [5.41, 5.74) is 3.25. The fourth-order valence-corrected chi connectivity index (χ4v) is 2.68. The molecule has 2 heterocycles. The second kappa shape index (κ2) is 5.93. The van der Waals surface area contributed by atoms with E-state index >= 15 is 0 Å². The van der Waals surface area contributed by atoms with E-state index < -0.39 is 0 Å². The molecule has 0 fully saturated rings. The molecule has 0 bridgehead atoms. The fraction of sp³-hybridized carbons (Fsp3) is 0.312. The Morgan fingerprint density at radius 3 is 2.68 bits per heavy atom. The second-order valence-corrected chi connectivity index (χ2v) is 5.70. The molecule has 1 aromatic carbocycles. The number of anilines is 1. The fourth-order valence-electron chi connectivity index (χ4n) is 2.37. The minimum Gasteiger partial charge on any atom is -0.362 e. The van der Waals surface area contributed by atoms with Crippen LogP contribution in [0.2, 0.25) is 5.02 Å². The van der Waals surface area contributed by atoms with Crippen molar-refractivity contribution in [2.45, 2.75) is 33.2 Å². The Balaban J connectivity index is 2.00. The summed E-state index contributed by atoms with van der Waals surface area (Å²) in [4.78, 5) is 8.59. The van der Waals surface area contributed by atoms with Crippen molar-refractivity contribution in [1.82, 2.24) is 19.6 Å². The SMILES string of the molecule is CCc1nc2ncnn2c(N[C@@H](C)c2ccc(C)cc2)c1Cl. The highest BCUT2D eigenvalue weighted by atomic mass is 35.5. The Kier molecular flexibility index (Phi) is 3.98. The van der Waals surface area contributed by atoms with Crippen molar-refractivity contribution in [2.75, 3.05) is 5.32 Å². The number of aromatic nitrogens is 4. The van der Waals surface area contributed by atoms with Crippen LogP contribution in [-0.2, 0) is 6.42 Å². The molecule has 0 amide bonds. The Bertz CT molecular complexity index is 794. The van der Waals surface area contributed by atoms with Crippen LogP contribution in [0.3, 0.4) is 0 Å². The lowest BCUT2D eigenvalue weighted by Gasteiger charge is -2.18. The number of nitrogens with one attached hydrogen (secondary N) is 1. The average molecular weight is 316 g/mol. The lowest BCUT2D eigenvalue weighted by Crippen LogP contribution is -2.13. The van der Waals surface area contributed by atoms with Gasteiger partial charge in [0.05, 0.1) is 5.69 Å². The first kappa shape index (κ1) is 14.8. The van der Waals surface area contributed by atoms with Crippen LogP contribution in [0.4, 0.5) is 5.82 Å². The Hall–Kier alpha value is -2.14. The van der Waals surface area contributed by atoms with Crippen LogP contribution in [0.25, 0.3) is 5.78 Å². The molecule has 2 aromatic heterocycles. The van der Waals surface area contributed by atoms with Crippen LogP contribution in [0.5, 0.6) is 0 Å². The molecule has 0 spiro atoms. The summed E-state index contributed by atoms with van der Waals surface area (Å²) in [5, 5.41) is 8.25. The minimum absolute atomic E-state index is 0.0950. The topological polar surface area (TPSA) is 55.1 Å². The van der Waals surface area contributed by atoms with E-state index in [0.29, 0.717) is 10.8 Å². The van der Waals surface area contributed by atoms with Crippen molar-refractivity contribution in [2.24, 2.45) is 0 Å². The maximum Gasteiger partial charge on any atom is 0.254 e. The van der Waals surface area contributed by atoms with Gasteiger partial charge in [0.25, 0.3) is 5.78 Å². The largest absolute Gasteiger partial charge is 0.362 e. The van der Waals surface area contributed by atoms with Gasteiger partial charge >= 0.3 is 0 Å². The van der Waals surface area contributed by atoms with Gasteiger partial charge in [0, 0.05) is 6.04 Å². The van der Waals surface area contributed by atoms with Crippen LogP contribution in [0, 0.1) is 6.92 Å². The van der Waals surface area contributed by atoms with Crippen molar-refractivity contribution in [1.29, 1.82) is 0 Å². The zero-order chi connectivity index (χ0) is 15.7. The maximum atomic E-state index is 6.49. The van der Waals surface area contributed by atoms with Gasteiger partial charge in [0.1, 0.15) is 11.3 Å². The summed E-state index contributed by atoms with van der Waals surface area (Å²) in [5.74, 6) is 1.29. The molecule has 1 atom stereocenters. The molecule has 3 aromatic rings. The number of hydrogen-bond donors (Lipinski definition) is 1. The molecule has 0 aliphatic carbocycles. The van der Waals surface area contributed by atoms with Crippen molar-refractivity contribution in [3.05, 3.63) is 52.4 Å². The molecular weight excluding hydrogens is 298 g/mol. The molecule has 0 saturated carbocycles. The van der Waals surface area contributed by atoms with Gasteiger partial charge in [-0.15, -0.1) is 0 Å². The number of aryl methyl sites for hydroxylation is 2. The number of benzene rings is 1. The Labute approximate surface area is 134 Å². The highest BCUT2D eigenvalue weighted by Crippen LogP contribution is 2.29. The molecule has 114 valence electrons. The first-order valence-corrected chi connectivity index (χ1v) is 7.69. The highest BCUT2D eigenvalue weighted by molar-refractivity contribution is 6.33. The number of rotatable bonds is 4. The van der Waals surface area contributed by atoms with E-state index in [-0.39, 0.29) is 6.04 Å². The quantitative estimate of drug-likeness (QED) is 0.795. The Morgan fingerprint density at radius 2 is 2.00 bits per heavy atom. The standard InChI is InChI=1S/C16H18ClN5/c1-4-13-14(17)15(22-16(21-13)18-9-19-22)20-11(3)12-7-5-10(2)6-8-12/h5-9,11,20H,4H2,1-3H3/t11-/m0/s1. The highest BCUT2D eigenvalue weighted by Gasteiger charge is 2.16. The molecule has 0 radical (unpaired) electrons. The van der Waals surface area contributed by atoms with E-state index in [9.17, 15) is 0 Å². The van der Waals surface area contributed by atoms with Crippen molar-refractivity contribution >= 4 is 23.2 Å². The van der Waals surface area contributed by atoms with Crippen LogP contribution in [0.1, 0.15) is 36.7 Å². The first-order valence-electron chi connectivity index (χ1n) is 7.31. The van der Waals surface area contributed by atoms with Crippen molar-refractivity contribution < 1.29 is 0 Å². The van der Waals surface area contributed by atoms with Gasteiger partial charge in [-0.05, 0) is 25.8 Å². The molecule has 6 heteroatoms. The minimum atomic E-state index is 0.0950. The number of fused-ring (bicyclic) bond motifs is 1. The van der Waals surface area contributed by atoms with Crippen molar-refractivity contribution in [3.63, 3.8) is 0 Å². The van der Waals surface area contributed by atoms with Gasteiger partial charge in [-0.3, -0.25) is 0 Å². The predicted molar refractivity (Wildman–Crippen MR) is 88.4 cm³/mol. The van der Waals surface area contributed by atoms with E-state index in [1.165, 1.54) is 17.5 Å². The molecule has 3 rings (SSSR count). The van der Waals surface area contributed by atoms with Gasteiger partial charge in [-0.25, -0.2) is 4.98 Å². The summed E-state index contributed by atoms with van der Waals surface area (Å²) in [6, 6.07) is 8.52. The molecule has 0 aliphatic heterocycles. The van der Waals surface area contributed by atoms with Crippen LogP contribution in [-0.4, -0.2) is 19.6 Å². The van der Waals surface area contributed by atoms with Gasteiger partial charge in [-0.1, -0.05) is 48.4 Å². The molecule has 5 nitrogen and oxygen atoms in total. The third-order valence-corrected chi connectivity index (χ3v) is 4.10. The van der Waals surface area contributed by atoms with Crippen molar-refractivity contribution in [3.8, 4) is 0 Å². The van der Waals surface area contributed by atoms with Gasteiger partial charge in [-0.2, -0.15) is 14.6 Å². The maximum absolute atomic E-state index is 6.49. The number of nitrogens with zero attached hydrogens (tertiary/aromatic N) is 4. The first-order chi connectivity index (χ1) is 10.6. The summed E-state index contributed by atoms with van der Waals surface area (Å²) >= 11 is 6.49. The van der Waals surface area contributed by atoms with Crippen LogP contribution in [0.15, 0.2) is 30.6 Å². The van der Waals surface area contributed by atoms with E-state index in [1.54, 1.807) is 4.52 Å². The zero-order valence-corrected chi connectivity index (χ0v) is 13.6. The van der Waals surface area contributed by atoms with E-state index in [0.717, 1.165) is 17.9 Å². The summed E-state index contributed by atoms with van der Waals surface area (Å²) in [6.07, 6.45) is 2.23.